The van der Waals surface area contributed by atoms with Crippen LogP contribution in [0.4, 0.5) is 0 Å². The summed E-state index contributed by atoms with van der Waals surface area (Å²) in [5, 5.41) is 29.7. The van der Waals surface area contributed by atoms with Gasteiger partial charge in [-0.1, -0.05) is 0 Å². The summed E-state index contributed by atoms with van der Waals surface area (Å²) in [4.78, 5) is 12.0. The number of ether oxygens (including phenoxy) is 3. The minimum absolute atomic E-state index is 0.000720. The van der Waals surface area contributed by atoms with Gasteiger partial charge in [-0.05, 0) is 34.6 Å². The fourth-order valence-electron chi connectivity index (χ4n) is 1.82. The molecule has 7 heteroatoms. The Kier molecular flexibility index (Phi) is 4.83. The molecule has 0 aliphatic carbocycles. The van der Waals surface area contributed by atoms with Crippen LogP contribution in [0.3, 0.4) is 0 Å². The minimum Gasteiger partial charge on any atom is -0.458 e. The van der Waals surface area contributed by atoms with Gasteiger partial charge in [-0.15, -0.1) is 0 Å². The molecule has 118 valence electrons. The first-order chi connectivity index (χ1) is 8.91. The van der Waals surface area contributed by atoms with Gasteiger partial charge in [0.05, 0.1) is 13.2 Å². The smallest absolute Gasteiger partial charge is 0.343 e. The van der Waals surface area contributed by atoms with Gasteiger partial charge in [-0.3, -0.25) is 0 Å². The van der Waals surface area contributed by atoms with E-state index in [-0.39, 0.29) is 6.61 Å². The summed E-state index contributed by atoms with van der Waals surface area (Å²) >= 11 is 0. The Morgan fingerprint density at radius 2 is 2.00 bits per heavy atom. The van der Waals surface area contributed by atoms with Crippen LogP contribution in [-0.4, -0.2) is 63.7 Å². The van der Waals surface area contributed by atoms with Crippen molar-refractivity contribution in [3.63, 3.8) is 0 Å². The van der Waals surface area contributed by atoms with Crippen LogP contribution in [0.15, 0.2) is 0 Å². The topological polar surface area (TPSA) is 105 Å². The lowest BCUT2D eigenvalue weighted by atomic mass is 9.93. The van der Waals surface area contributed by atoms with Crippen molar-refractivity contribution in [2.75, 3.05) is 13.2 Å². The van der Waals surface area contributed by atoms with Crippen LogP contribution < -0.4 is 0 Å². The maximum absolute atomic E-state index is 12.0. The van der Waals surface area contributed by atoms with E-state index in [1.165, 1.54) is 0 Å². The summed E-state index contributed by atoms with van der Waals surface area (Å²) in [7, 11) is 0. The van der Waals surface area contributed by atoms with Crippen molar-refractivity contribution >= 4 is 5.97 Å². The van der Waals surface area contributed by atoms with Crippen molar-refractivity contribution in [2.45, 2.75) is 63.8 Å². The molecule has 0 unspecified atom stereocenters. The fraction of sp³-hybridized carbons (Fsp3) is 0.923. The number of hydrogen-bond donors (Lipinski definition) is 3. The van der Waals surface area contributed by atoms with Gasteiger partial charge >= 0.3 is 5.97 Å². The van der Waals surface area contributed by atoms with Crippen LogP contribution >= 0.6 is 0 Å². The third-order valence-corrected chi connectivity index (χ3v) is 2.87. The molecule has 0 aromatic heterocycles. The second kappa shape index (κ2) is 5.57. The van der Waals surface area contributed by atoms with Gasteiger partial charge in [0, 0.05) is 0 Å². The monoisotopic (exact) mass is 292 g/mol. The Morgan fingerprint density at radius 3 is 2.35 bits per heavy atom. The Balaban J connectivity index is 2.85. The third kappa shape index (κ3) is 3.89. The molecule has 1 saturated heterocycles. The lowest BCUT2D eigenvalue weighted by molar-refractivity contribution is -0.213. The second-order valence-electron chi connectivity index (χ2n) is 6.40. The number of aliphatic hydroxyl groups excluding tert-OH is 2. The molecule has 0 bridgehead atoms. The first-order valence-corrected chi connectivity index (χ1v) is 6.48. The molecule has 1 aliphatic heterocycles. The van der Waals surface area contributed by atoms with Gasteiger partial charge in [0.2, 0.25) is 5.60 Å². The van der Waals surface area contributed by atoms with E-state index in [9.17, 15) is 20.1 Å². The zero-order valence-corrected chi connectivity index (χ0v) is 12.5. The maximum atomic E-state index is 12.0. The molecule has 1 heterocycles. The highest BCUT2D eigenvalue weighted by atomic mass is 16.7. The third-order valence-electron chi connectivity index (χ3n) is 2.87. The largest absolute Gasteiger partial charge is 0.458 e. The van der Waals surface area contributed by atoms with Gasteiger partial charge in [0.25, 0.3) is 0 Å². The van der Waals surface area contributed by atoms with Crippen molar-refractivity contribution < 1.29 is 34.3 Å². The molecule has 1 aliphatic rings. The zero-order chi connectivity index (χ0) is 15.8. The molecule has 0 aromatic carbocycles. The van der Waals surface area contributed by atoms with E-state index in [1.807, 2.05) is 0 Å². The Labute approximate surface area is 118 Å². The number of carbonyl (C=O) groups is 1. The van der Waals surface area contributed by atoms with Crippen molar-refractivity contribution in [2.24, 2.45) is 0 Å². The number of rotatable bonds is 4. The predicted molar refractivity (Wildman–Crippen MR) is 68.8 cm³/mol. The van der Waals surface area contributed by atoms with Crippen LogP contribution in [-0.2, 0) is 19.0 Å². The van der Waals surface area contributed by atoms with E-state index < -0.39 is 41.8 Å². The molecule has 0 spiro atoms. The van der Waals surface area contributed by atoms with Crippen molar-refractivity contribution in [1.82, 2.24) is 0 Å². The quantitative estimate of drug-likeness (QED) is 0.603. The van der Waals surface area contributed by atoms with Gasteiger partial charge < -0.3 is 29.5 Å². The van der Waals surface area contributed by atoms with Gasteiger partial charge in [-0.25, -0.2) is 4.79 Å². The number of esters is 1. The zero-order valence-electron chi connectivity index (χ0n) is 12.5. The molecule has 3 atom stereocenters. The number of hydrogen-bond acceptors (Lipinski definition) is 7. The first-order valence-electron chi connectivity index (χ1n) is 6.48. The molecule has 0 radical (unpaired) electrons. The highest BCUT2D eigenvalue weighted by molar-refractivity contribution is 5.80. The van der Waals surface area contributed by atoms with Gasteiger partial charge in [0.1, 0.15) is 17.8 Å². The lowest BCUT2D eigenvalue weighted by Crippen LogP contribution is -2.59. The first kappa shape index (κ1) is 17.3. The molecule has 1 rings (SSSR count). The van der Waals surface area contributed by atoms with E-state index in [1.54, 1.807) is 34.6 Å². The molecule has 20 heavy (non-hydrogen) atoms. The summed E-state index contributed by atoms with van der Waals surface area (Å²) in [6, 6.07) is 0. The molecule has 0 amide bonds. The van der Waals surface area contributed by atoms with Crippen LogP contribution in [0.25, 0.3) is 0 Å². The summed E-state index contributed by atoms with van der Waals surface area (Å²) in [5.74, 6) is -2.02. The van der Waals surface area contributed by atoms with Crippen LogP contribution in [0.2, 0.25) is 0 Å². The summed E-state index contributed by atoms with van der Waals surface area (Å²) < 4.78 is 15.7. The normalized spacial score (nSPS) is 26.9. The van der Waals surface area contributed by atoms with Gasteiger partial charge in [-0.2, -0.15) is 0 Å². The number of aliphatic hydroxyl groups is 3. The summed E-state index contributed by atoms with van der Waals surface area (Å²) in [5.41, 5.74) is -3.31. The Hall–Kier alpha value is -0.730. The standard InChI is InChI=1S/C13H24O7/c1-11(2,3)20-10(16)13(17,7-14)9(15)8-6-18-12(4,5)19-8/h8-9,14-15,17H,6-7H2,1-5H3/t8-,9-,13+/m1/s1. The molecular formula is C13H24O7. The Morgan fingerprint density at radius 1 is 1.45 bits per heavy atom. The van der Waals surface area contributed by atoms with Crippen molar-refractivity contribution in [3.8, 4) is 0 Å². The molecule has 0 aromatic rings. The van der Waals surface area contributed by atoms with Crippen LogP contribution in [0.1, 0.15) is 34.6 Å². The summed E-state index contributed by atoms with van der Waals surface area (Å²) in [6.45, 7) is 7.16. The predicted octanol–water partition coefficient (Wildman–Crippen LogP) is -0.436. The SMILES string of the molecule is CC(C)(C)OC(=O)[C@](O)(CO)[C@H](O)[C@H]1COC(C)(C)O1. The molecule has 1 fully saturated rings. The average Bonchev–Trinajstić information content (AvgIpc) is 2.65. The van der Waals surface area contributed by atoms with Crippen molar-refractivity contribution in [1.29, 1.82) is 0 Å². The molecule has 0 saturated carbocycles. The average molecular weight is 292 g/mol. The van der Waals surface area contributed by atoms with E-state index in [2.05, 4.69) is 0 Å². The highest BCUT2D eigenvalue weighted by Gasteiger charge is 2.52. The van der Waals surface area contributed by atoms with Crippen LogP contribution in [0, 0.1) is 0 Å². The Bertz CT molecular complexity index is 360. The van der Waals surface area contributed by atoms with E-state index in [0.29, 0.717) is 0 Å². The van der Waals surface area contributed by atoms with Gasteiger partial charge in [0.15, 0.2) is 5.79 Å². The van der Waals surface area contributed by atoms with Crippen LogP contribution in [0.5, 0.6) is 0 Å². The van der Waals surface area contributed by atoms with E-state index >= 15 is 0 Å². The highest BCUT2D eigenvalue weighted by Crippen LogP contribution is 2.29. The van der Waals surface area contributed by atoms with E-state index in [0.717, 1.165) is 0 Å². The second-order valence-corrected chi connectivity index (χ2v) is 6.40. The molecular weight excluding hydrogens is 268 g/mol. The number of carbonyl (C=O) groups excluding carboxylic acids is 1. The van der Waals surface area contributed by atoms with Crippen molar-refractivity contribution in [3.05, 3.63) is 0 Å². The minimum atomic E-state index is -2.46. The molecule has 7 nitrogen and oxygen atoms in total. The summed E-state index contributed by atoms with van der Waals surface area (Å²) in [6.07, 6.45) is -2.60. The maximum Gasteiger partial charge on any atom is 0.343 e. The van der Waals surface area contributed by atoms with E-state index in [4.69, 9.17) is 14.2 Å². The molecule has 3 N–H and O–H groups in total. The lowest BCUT2D eigenvalue weighted by Gasteiger charge is -2.34. The fourth-order valence-corrected chi connectivity index (χ4v) is 1.82.